The summed E-state index contributed by atoms with van der Waals surface area (Å²) in [5.74, 6) is -3.59. The van der Waals surface area contributed by atoms with E-state index in [1.807, 2.05) is 0 Å². The first-order valence-electron chi connectivity index (χ1n) is 3.24. The second kappa shape index (κ2) is 6.26. The van der Waals surface area contributed by atoms with Crippen molar-refractivity contribution in [2.24, 2.45) is 0 Å². The number of ketones is 2. The summed E-state index contributed by atoms with van der Waals surface area (Å²) < 4.78 is 0. The number of Topliss-reactive ketones (excluding diaryl/α,β-unsaturated/α-hetero) is 2. The Bertz CT molecular complexity index is 276. The van der Waals surface area contributed by atoms with Gasteiger partial charge < -0.3 is 0 Å². The van der Waals surface area contributed by atoms with Gasteiger partial charge in [-0.2, -0.15) is 0 Å². The van der Waals surface area contributed by atoms with E-state index in [1.165, 1.54) is 0 Å². The normalized spacial score (nSPS) is 10.1. The molecule has 0 spiro atoms. The topological polar surface area (TPSA) is 106 Å². The fraction of sp³-hybridized carbons (Fsp3) is 0.286. The van der Waals surface area contributed by atoms with Gasteiger partial charge in [0.05, 0.1) is 0 Å². The van der Waals surface area contributed by atoms with E-state index in [-0.39, 0.29) is 5.02 Å². The van der Waals surface area contributed by atoms with Crippen LogP contribution < -0.4 is 0 Å². The van der Waals surface area contributed by atoms with E-state index < -0.39 is 39.9 Å². The maximum atomic E-state index is 10.9. The Morgan fingerprint density at radius 2 is 1.64 bits per heavy atom. The van der Waals surface area contributed by atoms with Gasteiger partial charge in [0.15, 0.2) is 0 Å². The number of aliphatic carboxylic acids is 1. The van der Waals surface area contributed by atoms with Crippen LogP contribution in [0.25, 0.3) is 0 Å². The molecule has 0 heterocycles. The quantitative estimate of drug-likeness (QED) is 0.279. The Hall–Kier alpha value is -1.23. The molecule has 0 unspecified atom stereocenters. The van der Waals surface area contributed by atoms with E-state index in [9.17, 15) is 24.0 Å². The molecule has 0 aromatic carbocycles. The third-order valence-electron chi connectivity index (χ3n) is 1.07. The minimum atomic E-state index is -2.31. The van der Waals surface area contributed by atoms with Crippen molar-refractivity contribution in [2.75, 3.05) is 0 Å². The maximum absolute atomic E-state index is 10.9. The van der Waals surface area contributed by atoms with Gasteiger partial charge in [0.1, 0.15) is 0 Å². The van der Waals surface area contributed by atoms with Gasteiger partial charge >= 0.3 is 83.8 Å². The summed E-state index contributed by atoms with van der Waals surface area (Å²) in [7, 11) is 0. The predicted octanol–water partition coefficient (Wildman–Crippen LogP) is -0.984. The standard InChI is InChI=1S/C5H5O4.2CHO.Rh/c1-3(6)2-4(7)5(8)9;2*1-2;/h1-2H2,(H,8,9);2*1H;. The number of carboxylic acids is 1. The monoisotopic (exact) mass is 290 g/mol. The molecule has 0 aromatic rings. The Balaban J connectivity index is 4.10. The van der Waals surface area contributed by atoms with Crippen LogP contribution in [0.1, 0.15) is 6.42 Å². The van der Waals surface area contributed by atoms with E-state index in [0.717, 1.165) is 0 Å². The number of hydrogen-bond donors (Lipinski definition) is 1. The Morgan fingerprint density at radius 3 is 2.00 bits per heavy atom. The van der Waals surface area contributed by atoms with Crippen LogP contribution in [0, 0.1) is 0 Å². The second-order valence-corrected chi connectivity index (χ2v) is 5.34. The summed E-state index contributed by atoms with van der Waals surface area (Å²) in [6.45, 7) is 0. The number of carbonyl (C=O) groups excluding carboxylic acids is 4. The zero-order chi connectivity index (χ0) is 11.1. The van der Waals surface area contributed by atoms with Crippen LogP contribution in [-0.4, -0.2) is 32.4 Å². The third kappa shape index (κ3) is 4.71. The van der Waals surface area contributed by atoms with E-state index in [1.54, 1.807) is 0 Å². The SMILES string of the molecule is O=[CH][Rh]([CH]=O)[CH2]C(=O)CC(=O)C(=O)O. The van der Waals surface area contributed by atoms with Gasteiger partial charge in [0.25, 0.3) is 0 Å². The molecule has 0 aliphatic carbocycles. The van der Waals surface area contributed by atoms with Crippen LogP contribution in [0.15, 0.2) is 0 Å². The van der Waals surface area contributed by atoms with Gasteiger partial charge in [0, 0.05) is 0 Å². The van der Waals surface area contributed by atoms with Gasteiger partial charge in [-0.1, -0.05) is 0 Å². The first-order chi connectivity index (χ1) is 6.51. The molecular formula is C7H7O6Rh. The number of hydrogen-bond acceptors (Lipinski definition) is 5. The molecule has 0 radical (unpaired) electrons. The second-order valence-electron chi connectivity index (χ2n) is 2.10. The van der Waals surface area contributed by atoms with Crippen molar-refractivity contribution in [2.45, 2.75) is 11.4 Å². The molecule has 0 saturated carbocycles. The zero-order valence-corrected chi connectivity index (χ0v) is 8.53. The molecule has 0 bridgehead atoms. The van der Waals surface area contributed by atoms with Gasteiger partial charge in [-0.25, -0.2) is 0 Å². The summed E-state index contributed by atoms with van der Waals surface area (Å²) in [6.07, 6.45) is -0.752. The molecule has 0 atom stereocenters. The number of carbonyl (C=O) groups is 5. The molecule has 7 heteroatoms. The molecule has 0 saturated heterocycles. The van der Waals surface area contributed by atoms with Crippen molar-refractivity contribution in [1.29, 1.82) is 0 Å². The first-order valence-corrected chi connectivity index (χ1v) is 6.29. The van der Waals surface area contributed by atoms with E-state index >= 15 is 0 Å². The molecule has 0 rings (SSSR count). The molecule has 0 aromatic heterocycles. The van der Waals surface area contributed by atoms with Crippen LogP contribution in [-0.2, 0) is 39.9 Å². The van der Waals surface area contributed by atoms with Crippen LogP contribution in [0.5, 0.6) is 0 Å². The van der Waals surface area contributed by atoms with E-state index in [0.29, 0.717) is 9.76 Å². The third-order valence-corrected chi connectivity index (χ3v) is 3.37. The van der Waals surface area contributed by atoms with Gasteiger partial charge in [0.2, 0.25) is 0 Å². The number of rotatable bonds is 7. The molecule has 0 amide bonds. The molecular weight excluding hydrogens is 283 g/mol. The van der Waals surface area contributed by atoms with Gasteiger partial charge in [-0.05, 0) is 0 Å². The van der Waals surface area contributed by atoms with Gasteiger partial charge in [-0.15, -0.1) is 0 Å². The Labute approximate surface area is 84.2 Å². The average molecular weight is 290 g/mol. The van der Waals surface area contributed by atoms with E-state index in [4.69, 9.17) is 5.11 Å². The van der Waals surface area contributed by atoms with Crippen molar-refractivity contribution in [3.63, 3.8) is 0 Å². The molecule has 0 fully saturated rings. The Kier molecular flexibility index (Phi) is 5.71. The molecule has 1 N–H and O–H groups in total. The van der Waals surface area contributed by atoms with Crippen molar-refractivity contribution >= 4 is 27.3 Å². The summed E-state index contributed by atoms with van der Waals surface area (Å²) in [6, 6.07) is 0. The van der Waals surface area contributed by atoms with Crippen molar-refractivity contribution < 1.29 is 45.0 Å². The molecule has 6 nitrogen and oxygen atoms in total. The van der Waals surface area contributed by atoms with Crippen LogP contribution in [0.4, 0.5) is 0 Å². The first kappa shape index (κ1) is 12.8. The predicted molar refractivity (Wildman–Crippen MR) is 40.6 cm³/mol. The summed E-state index contributed by atoms with van der Waals surface area (Å²) >= 11 is -2.31. The van der Waals surface area contributed by atoms with Crippen LogP contribution in [0.3, 0.4) is 0 Å². The summed E-state index contributed by atoms with van der Waals surface area (Å²) in [4.78, 5) is 52.6. The zero-order valence-electron chi connectivity index (χ0n) is 6.89. The summed E-state index contributed by atoms with van der Waals surface area (Å²) in [5, 5.41) is 7.85. The van der Waals surface area contributed by atoms with Crippen LogP contribution in [0.2, 0.25) is 5.02 Å². The van der Waals surface area contributed by atoms with Crippen molar-refractivity contribution in [1.82, 2.24) is 0 Å². The van der Waals surface area contributed by atoms with Gasteiger partial charge in [-0.3, -0.25) is 0 Å². The molecule has 80 valence electrons. The number of carboxylic acid groups (broad SMARTS) is 1. The van der Waals surface area contributed by atoms with Crippen molar-refractivity contribution in [3.8, 4) is 0 Å². The fourth-order valence-electron chi connectivity index (χ4n) is 0.522. The van der Waals surface area contributed by atoms with E-state index in [2.05, 4.69) is 0 Å². The molecule has 0 aliphatic rings. The molecule has 0 aliphatic heterocycles. The average Bonchev–Trinajstić information content (AvgIpc) is 2.13. The Morgan fingerprint density at radius 1 is 1.14 bits per heavy atom. The summed E-state index contributed by atoms with van der Waals surface area (Å²) in [5.41, 5.74) is 0. The minimum absolute atomic E-state index is 0.295. The molecule has 14 heavy (non-hydrogen) atoms. The fourth-order valence-corrected chi connectivity index (χ4v) is 1.84. The van der Waals surface area contributed by atoms with Crippen LogP contribution >= 0.6 is 0 Å². The van der Waals surface area contributed by atoms with Crippen molar-refractivity contribution in [3.05, 3.63) is 0 Å².